The number of nitrogens with zero attached hydrogens (tertiary/aromatic N) is 8. The molecule has 0 spiro atoms. The van der Waals surface area contributed by atoms with Crippen molar-refractivity contribution >= 4 is 106 Å². The fourth-order valence-electron chi connectivity index (χ4n) is 7.67. The maximum absolute atomic E-state index is 12.7. The molecular formula is C66H59BK2N8O17Pd2S2-. The SMILES string of the molecule is C.CC(=O)O.O=CO[O-].O=[N+]([O-])c1ccc(S(=O)(=O)[N-]c2cccc3ccc4cccnc4c23)cc1.O=[N+]([O-])c1ccc(S(=O)(=O)[N-]c2cccc3ccc4cccnc4c23)cc1.OCc1cc[c-]cc1.O[B]Oc1ccc(CO)cc1.[H-].[K+].[K+].[Pd+2].[Pd].c1ccncc1.c1ccncc1. The molecule has 0 aliphatic rings. The zero-order valence-electron chi connectivity index (χ0n) is 52.4. The van der Waals surface area contributed by atoms with E-state index in [1.165, 1.54) is 24.3 Å². The second kappa shape index (κ2) is 49.5. The predicted octanol–water partition coefficient (Wildman–Crippen LogP) is 5.88. The van der Waals surface area contributed by atoms with E-state index < -0.39 is 35.9 Å². The fourth-order valence-corrected chi connectivity index (χ4v) is 9.67. The molecule has 503 valence electrons. The molecule has 0 amide bonds. The van der Waals surface area contributed by atoms with E-state index in [0.29, 0.717) is 35.2 Å². The summed E-state index contributed by atoms with van der Waals surface area (Å²) in [5.74, 6) is -0.287. The summed E-state index contributed by atoms with van der Waals surface area (Å²) in [4.78, 5) is 56.7. The van der Waals surface area contributed by atoms with Gasteiger partial charge in [-0.1, -0.05) is 104 Å². The van der Waals surface area contributed by atoms with Gasteiger partial charge in [0.15, 0.2) is 0 Å². The Labute approximate surface area is 679 Å². The molecule has 0 saturated heterocycles. The van der Waals surface area contributed by atoms with E-state index in [1.54, 1.807) is 97.8 Å². The van der Waals surface area contributed by atoms with Gasteiger partial charge in [-0.15, -0.1) is 16.9 Å². The van der Waals surface area contributed by atoms with Crippen molar-refractivity contribution in [2.24, 2.45) is 0 Å². The van der Waals surface area contributed by atoms with Gasteiger partial charge in [-0.3, -0.25) is 49.8 Å². The van der Waals surface area contributed by atoms with Crippen molar-refractivity contribution in [1.82, 2.24) is 19.9 Å². The first-order chi connectivity index (χ1) is 44.9. The molecule has 0 unspecified atom stereocenters. The topological polar surface area (TPSA) is 391 Å². The average molecular weight is 1600 g/mol. The molecule has 1 radical (unpaired) electrons. The van der Waals surface area contributed by atoms with Gasteiger partial charge in [-0.2, -0.15) is 30.3 Å². The number of aliphatic carboxylic acids is 1. The van der Waals surface area contributed by atoms with E-state index in [9.17, 15) is 37.1 Å². The number of carbonyl (C=O) groups is 2. The number of pyridine rings is 4. The molecule has 98 heavy (non-hydrogen) atoms. The van der Waals surface area contributed by atoms with Crippen molar-refractivity contribution in [1.29, 1.82) is 0 Å². The number of carbonyl (C=O) groups excluding carboxylic acids is 1. The van der Waals surface area contributed by atoms with Gasteiger partial charge >= 0.3 is 131 Å². The Morgan fingerprint density at radius 1 is 0.561 bits per heavy atom. The maximum atomic E-state index is 12.7. The third kappa shape index (κ3) is 31.0. The summed E-state index contributed by atoms with van der Waals surface area (Å²) in [6.07, 6.45) is 10.3. The summed E-state index contributed by atoms with van der Waals surface area (Å²) in [5, 5.41) is 67.5. The number of non-ortho nitro benzene ring substituents is 2. The summed E-state index contributed by atoms with van der Waals surface area (Å²) in [6.45, 7) is 1.04. The fraction of sp³-hybridized carbons (Fsp3) is 0.0606. The standard InChI is InChI=1S/2C19H12N3O4S.C7H8BO3.C7H7O.2C5H5N.C2H4O2.CH2O3.CH4.2K.2Pd.H/c2*23-22(24)15-8-10-16(11-9-15)27(25,26)21-17-5-1-3-13-6-7-14-4-2-12-20-19(14)18(13)17;9-5-6-1-3-7(4-2-6)11-8-10;8-6-7-4-2-1-3-5-7;2*1-2-4-6-5-3-1;1-2(3)4;2-1-4-3;;;;;;/h2*1-12H;1-4,9-10H,5H2;2-5,8H,6H2;2*1-5H;1H3,(H,3,4);1,3H;1H4;;;;;/q2*-1;;-1;;;;;;2*+1;;+2;-1/p-1. The minimum absolute atomic E-state index is 0. The largest absolute Gasteiger partial charge is 2.00 e. The van der Waals surface area contributed by atoms with E-state index >= 15 is 0 Å². The van der Waals surface area contributed by atoms with Crippen LogP contribution in [0.5, 0.6) is 5.75 Å². The van der Waals surface area contributed by atoms with Crippen LogP contribution in [0.3, 0.4) is 0 Å². The van der Waals surface area contributed by atoms with E-state index in [4.69, 9.17) is 35.2 Å². The Morgan fingerprint density at radius 2 is 0.908 bits per heavy atom. The molecule has 32 heteroatoms. The number of fused-ring (bicyclic) bond motifs is 6. The number of hydrogen-bond donors (Lipinski definition) is 4. The Kier molecular flexibility index (Phi) is 45.9. The van der Waals surface area contributed by atoms with Crippen molar-refractivity contribution < 1.29 is 216 Å². The van der Waals surface area contributed by atoms with Gasteiger partial charge in [-0.05, 0) is 99.9 Å². The van der Waals surface area contributed by atoms with E-state index in [-0.39, 0.29) is 205 Å². The number of carboxylic acid groups (broad SMARTS) is 1. The minimum atomic E-state index is -4.04. The minimum Gasteiger partial charge on any atom is -1.00 e. The molecule has 0 aliphatic heterocycles. The molecule has 4 heterocycles. The number of nitro benzene ring substituents is 2. The Morgan fingerprint density at radius 3 is 1.20 bits per heavy atom. The van der Waals surface area contributed by atoms with Crippen LogP contribution in [0.2, 0.25) is 0 Å². The Hall–Kier alpha value is -7.06. The molecule has 12 aromatic rings. The number of sulfonamides is 2. The smallest absolute Gasteiger partial charge is 1.00 e. The van der Waals surface area contributed by atoms with Gasteiger partial charge in [0.25, 0.3) is 23.8 Å². The van der Waals surface area contributed by atoms with Gasteiger partial charge in [0, 0.05) is 106 Å². The first kappa shape index (κ1) is 90.9. The van der Waals surface area contributed by atoms with Crippen LogP contribution in [-0.2, 0) is 88.6 Å². The van der Waals surface area contributed by atoms with E-state index in [0.717, 1.165) is 63.9 Å². The molecule has 0 bridgehead atoms. The van der Waals surface area contributed by atoms with E-state index in [2.05, 4.69) is 45.0 Å². The summed E-state index contributed by atoms with van der Waals surface area (Å²) in [6, 6.07) is 63.0. The maximum Gasteiger partial charge on any atom is 2.00 e. The molecular weight excluding hydrogens is 1540 g/mol. The molecule has 0 fully saturated rings. The average Bonchev–Trinajstić information content (AvgIpc) is 0.777. The molecule has 8 aromatic carbocycles. The van der Waals surface area contributed by atoms with Gasteiger partial charge in [0.1, 0.15) is 20.0 Å². The molecule has 4 aromatic heterocycles. The van der Waals surface area contributed by atoms with Gasteiger partial charge in [0.05, 0.1) is 43.0 Å². The second-order valence-electron chi connectivity index (χ2n) is 18.0. The van der Waals surface area contributed by atoms with Crippen LogP contribution in [0.15, 0.2) is 265 Å². The van der Waals surface area contributed by atoms with Gasteiger partial charge in [-0.25, -0.2) is 16.8 Å². The number of aromatic nitrogens is 4. The first-order valence-corrected chi connectivity index (χ1v) is 29.7. The van der Waals surface area contributed by atoms with Crippen molar-refractivity contribution in [2.75, 3.05) is 0 Å². The normalized spacial score (nSPS) is 9.60. The number of benzene rings is 8. The van der Waals surface area contributed by atoms with Gasteiger partial charge in [0.2, 0.25) is 0 Å². The molecule has 4 N–H and O–H groups in total. The van der Waals surface area contributed by atoms with Gasteiger partial charge < -0.3 is 46.0 Å². The van der Waals surface area contributed by atoms with Crippen LogP contribution in [-0.4, -0.2) is 87.1 Å². The third-order valence-electron chi connectivity index (χ3n) is 11.8. The number of nitro groups is 2. The number of aliphatic hydroxyl groups excluding tert-OH is 2. The van der Waals surface area contributed by atoms with Crippen LogP contribution < -0.4 is 113 Å². The molecule has 25 nitrogen and oxygen atoms in total. The second-order valence-corrected chi connectivity index (χ2v) is 21.2. The summed E-state index contributed by atoms with van der Waals surface area (Å²) in [7, 11) is -7.46. The molecule has 0 saturated carbocycles. The van der Waals surface area contributed by atoms with Crippen molar-refractivity contribution in [3.8, 4) is 5.75 Å². The zero-order chi connectivity index (χ0) is 67.4. The number of rotatable bonds is 13. The molecule has 12 rings (SSSR count). The number of hydrogen-bond acceptors (Lipinski definition) is 20. The Bertz CT molecular complexity index is 4270. The molecule has 0 atom stereocenters. The van der Waals surface area contributed by atoms with Crippen LogP contribution in [0, 0.1) is 26.3 Å². The van der Waals surface area contributed by atoms with Crippen molar-refractivity contribution in [3.63, 3.8) is 0 Å². The van der Waals surface area contributed by atoms with Crippen LogP contribution >= 0.6 is 0 Å². The third-order valence-corrected chi connectivity index (χ3v) is 14.4. The Balaban J connectivity index is 0. The van der Waals surface area contributed by atoms with E-state index in [1.807, 2.05) is 109 Å². The van der Waals surface area contributed by atoms with Crippen LogP contribution in [0.1, 0.15) is 26.9 Å². The zero-order valence-corrected chi connectivity index (χ0v) is 62.4. The predicted molar refractivity (Wildman–Crippen MR) is 354 cm³/mol. The van der Waals surface area contributed by atoms with Crippen LogP contribution in [0.25, 0.3) is 52.8 Å². The van der Waals surface area contributed by atoms with Crippen molar-refractivity contribution in [3.05, 3.63) is 302 Å². The summed E-state index contributed by atoms with van der Waals surface area (Å²) >= 11 is 0. The van der Waals surface area contributed by atoms with Crippen LogP contribution in [0.4, 0.5) is 22.7 Å². The van der Waals surface area contributed by atoms with Crippen molar-refractivity contribution in [2.45, 2.75) is 37.4 Å². The first-order valence-electron chi connectivity index (χ1n) is 26.8. The number of aliphatic hydroxyl groups is 2. The summed E-state index contributed by atoms with van der Waals surface area (Å²) < 4.78 is 63.4. The monoisotopic (exact) mass is 1600 g/mol. The molecule has 0 aliphatic carbocycles. The quantitative estimate of drug-likeness (QED) is 0.0199. The summed E-state index contributed by atoms with van der Waals surface area (Å²) in [5.41, 5.74) is 3.24. The number of carboxylic acids is 1.